The third-order valence-corrected chi connectivity index (χ3v) is 6.97. The fraction of sp³-hybridized carbons (Fsp3) is 0.0741. The van der Waals surface area contributed by atoms with Gasteiger partial charge in [-0.15, -0.1) is 5.06 Å². The van der Waals surface area contributed by atoms with E-state index in [1.165, 1.54) is 11.3 Å². The van der Waals surface area contributed by atoms with Gasteiger partial charge in [0.05, 0.1) is 40.4 Å². The minimum atomic E-state index is -0.504. The molecule has 0 radical (unpaired) electrons. The fourth-order valence-electron chi connectivity index (χ4n) is 4.18. The van der Waals surface area contributed by atoms with E-state index in [0.29, 0.717) is 27.3 Å². The lowest BCUT2D eigenvalue weighted by Crippen LogP contribution is -2.32. The van der Waals surface area contributed by atoms with Gasteiger partial charge >= 0.3 is 5.69 Å². The van der Waals surface area contributed by atoms with Crippen LogP contribution in [-0.4, -0.2) is 38.0 Å². The van der Waals surface area contributed by atoms with Crippen molar-refractivity contribution in [3.8, 4) is 11.3 Å². The molecule has 0 aliphatic carbocycles. The maximum absolute atomic E-state index is 12.7. The van der Waals surface area contributed by atoms with Gasteiger partial charge in [0.1, 0.15) is 0 Å². The Morgan fingerprint density at radius 3 is 2.14 bits per heavy atom. The lowest BCUT2D eigenvalue weighted by atomic mass is 10.1. The summed E-state index contributed by atoms with van der Waals surface area (Å²) in [7, 11) is 0. The van der Waals surface area contributed by atoms with Crippen molar-refractivity contribution in [2.45, 2.75) is 6.54 Å². The number of hydrogen-bond acceptors (Lipinski definition) is 7. The summed E-state index contributed by atoms with van der Waals surface area (Å²) in [6, 6.07) is 25.5. The summed E-state index contributed by atoms with van der Waals surface area (Å²) in [5.41, 5.74) is 2.78. The maximum Gasteiger partial charge on any atom is 0.347 e. The van der Waals surface area contributed by atoms with Crippen molar-refractivity contribution in [2.24, 2.45) is 4.99 Å². The third kappa shape index (κ3) is 4.18. The molecule has 0 atom stereocenters. The van der Waals surface area contributed by atoms with Gasteiger partial charge in [-0.25, -0.2) is 9.79 Å². The Morgan fingerprint density at radius 1 is 0.838 bits per heavy atom. The van der Waals surface area contributed by atoms with Gasteiger partial charge in [0.25, 0.3) is 11.8 Å². The number of fused-ring (bicyclic) bond motifs is 2. The molecular formula is C27H19N5O4S. The molecule has 0 saturated carbocycles. The Kier molecular flexibility index (Phi) is 5.79. The number of para-hydroxylation sites is 1. The van der Waals surface area contributed by atoms with Gasteiger partial charge in [-0.05, 0) is 29.8 Å². The van der Waals surface area contributed by atoms with Crippen LogP contribution >= 0.6 is 11.3 Å². The van der Waals surface area contributed by atoms with Gasteiger partial charge in [0.15, 0.2) is 10.4 Å². The van der Waals surface area contributed by atoms with Gasteiger partial charge in [-0.2, -0.15) is 4.98 Å². The van der Waals surface area contributed by atoms with Gasteiger partial charge in [-0.3, -0.25) is 19.0 Å². The molecule has 37 heavy (non-hydrogen) atoms. The number of aromatic amines is 1. The Morgan fingerprint density at radius 2 is 1.46 bits per heavy atom. The number of imide groups is 1. The Labute approximate surface area is 213 Å². The number of carbonyl (C=O) groups excluding carboxylic acids is 2. The maximum atomic E-state index is 12.7. The van der Waals surface area contributed by atoms with Crippen LogP contribution in [0.1, 0.15) is 20.7 Å². The number of nitrogens with one attached hydrogen (secondary N) is 1. The molecule has 1 N–H and O–H groups in total. The van der Waals surface area contributed by atoms with Crippen LogP contribution < -0.4 is 10.5 Å². The third-order valence-electron chi connectivity index (χ3n) is 5.88. The van der Waals surface area contributed by atoms with E-state index in [1.807, 2.05) is 60.7 Å². The minimum absolute atomic E-state index is 0.0194. The number of hydroxylamine groups is 2. The first-order chi connectivity index (χ1) is 18.1. The largest absolute Gasteiger partial charge is 0.347 e. The van der Waals surface area contributed by atoms with E-state index < -0.39 is 17.5 Å². The number of amides is 2. The highest BCUT2D eigenvalue weighted by atomic mass is 32.1. The lowest BCUT2D eigenvalue weighted by Gasteiger charge is -2.14. The van der Waals surface area contributed by atoms with Gasteiger partial charge in [0, 0.05) is 0 Å². The van der Waals surface area contributed by atoms with Crippen molar-refractivity contribution in [3.63, 3.8) is 0 Å². The molecule has 5 aromatic rings. The molecule has 182 valence electrons. The van der Waals surface area contributed by atoms with Crippen LogP contribution in [0.2, 0.25) is 0 Å². The van der Waals surface area contributed by atoms with Gasteiger partial charge in [-0.1, -0.05) is 72.0 Å². The van der Waals surface area contributed by atoms with E-state index in [-0.39, 0.29) is 13.2 Å². The summed E-state index contributed by atoms with van der Waals surface area (Å²) in [6.07, 6.45) is 0. The average Bonchev–Trinajstić information content (AvgIpc) is 3.39. The molecular weight excluding hydrogens is 490 g/mol. The van der Waals surface area contributed by atoms with E-state index in [4.69, 9.17) is 9.83 Å². The number of rotatable bonds is 6. The van der Waals surface area contributed by atoms with Gasteiger partial charge < -0.3 is 4.98 Å². The van der Waals surface area contributed by atoms with Crippen LogP contribution in [0.5, 0.6) is 0 Å². The Balaban J connectivity index is 1.40. The SMILES string of the molecule is O=C1c2ccccc2C(=O)N1OCCn1c(=Nc2ccccc2)sc2c(-c3ccccc3)[nH]c(=O)nc21. The molecule has 10 heteroatoms. The Bertz CT molecular complexity index is 1740. The standard InChI is InChI=1S/C27H19N5O4S/c33-24-19-13-7-8-14-20(19)25(34)32(24)36-16-15-31-23-22(37-27(31)28-18-11-5-2-6-12-18)21(29-26(35)30-23)17-9-3-1-4-10-17/h1-14H,15-16H2,(H,29,30,35). The minimum Gasteiger partial charge on any atom is -0.304 e. The van der Waals surface area contributed by atoms with Crippen molar-refractivity contribution in [1.82, 2.24) is 19.6 Å². The second-order valence-electron chi connectivity index (χ2n) is 8.20. The number of carbonyl (C=O) groups is 2. The number of hydrogen-bond donors (Lipinski definition) is 1. The fourth-order valence-corrected chi connectivity index (χ4v) is 5.32. The van der Waals surface area contributed by atoms with Crippen LogP contribution in [-0.2, 0) is 11.4 Å². The first kappa shape index (κ1) is 22.8. The summed E-state index contributed by atoms with van der Waals surface area (Å²) in [5, 5.41) is 0.781. The summed E-state index contributed by atoms with van der Waals surface area (Å²) in [6.45, 7) is 0.179. The highest BCUT2D eigenvalue weighted by molar-refractivity contribution is 7.16. The number of nitrogens with zero attached hydrogens (tertiary/aromatic N) is 4. The number of benzene rings is 3. The molecule has 0 fully saturated rings. The van der Waals surface area contributed by atoms with E-state index in [2.05, 4.69) is 9.97 Å². The molecule has 2 amide bonds. The van der Waals surface area contributed by atoms with E-state index in [1.54, 1.807) is 28.8 Å². The summed E-state index contributed by atoms with van der Waals surface area (Å²) >= 11 is 1.38. The monoisotopic (exact) mass is 509 g/mol. The summed E-state index contributed by atoms with van der Waals surface area (Å²) in [4.78, 5) is 56.0. The second-order valence-corrected chi connectivity index (χ2v) is 9.18. The molecule has 9 nitrogen and oxygen atoms in total. The molecule has 6 rings (SSSR count). The predicted molar refractivity (Wildman–Crippen MR) is 138 cm³/mol. The summed E-state index contributed by atoms with van der Waals surface area (Å²) in [5.74, 6) is -1.01. The number of aromatic nitrogens is 3. The van der Waals surface area contributed by atoms with Crippen LogP contribution in [0, 0.1) is 0 Å². The number of thiazole rings is 1. The topological polar surface area (TPSA) is 110 Å². The van der Waals surface area contributed by atoms with Crippen molar-refractivity contribution in [3.05, 3.63) is 111 Å². The molecule has 0 unspecified atom stereocenters. The summed E-state index contributed by atoms with van der Waals surface area (Å²) < 4.78 is 2.52. The predicted octanol–water partition coefficient (Wildman–Crippen LogP) is 3.91. The van der Waals surface area contributed by atoms with E-state index in [9.17, 15) is 14.4 Å². The van der Waals surface area contributed by atoms with E-state index in [0.717, 1.165) is 21.0 Å². The molecule has 0 bridgehead atoms. The zero-order chi connectivity index (χ0) is 25.4. The zero-order valence-corrected chi connectivity index (χ0v) is 20.1. The first-order valence-electron chi connectivity index (χ1n) is 11.5. The second kappa shape index (κ2) is 9.41. The molecule has 1 aliphatic heterocycles. The quantitative estimate of drug-likeness (QED) is 0.349. The smallest absolute Gasteiger partial charge is 0.304 e. The molecule has 0 spiro atoms. The van der Waals surface area contributed by atoms with Crippen molar-refractivity contribution in [1.29, 1.82) is 0 Å². The van der Waals surface area contributed by atoms with Crippen LogP contribution in [0.3, 0.4) is 0 Å². The van der Waals surface area contributed by atoms with Crippen LogP contribution in [0.4, 0.5) is 5.69 Å². The lowest BCUT2D eigenvalue weighted by molar-refractivity contribution is -0.0934. The zero-order valence-electron chi connectivity index (χ0n) is 19.3. The molecule has 3 heterocycles. The van der Waals surface area contributed by atoms with Crippen LogP contribution in [0.25, 0.3) is 21.6 Å². The normalized spacial score (nSPS) is 13.5. The van der Waals surface area contributed by atoms with E-state index >= 15 is 0 Å². The van der Waals surface area contributed by atoms with Crippen molar-refractivity contribution < 1.29 is 14.4 Å². The highest BCUT2D eigenvalue weighted by Gasteiger charge is 2.36. The van der Waals surface area contributed by atoms with Crippen molar-refractivity contribution >= 4 is 39.2 Å². The highest BCUT2D eigenvalue weighted by Crippen LogP contribution is 2.27. The molecule has 1 aliphatic rings. The van der Waals surface area contributed by atoms with Gasteiger partial charge in [0.2, 0.25) is 0 Å². The average molecular weight is 510 g/mol. The Hall–Kier alpha value is -4.67. The molecule has 3 aromatic carbocycles. The van der Waals surface area contributed by atoms with Crippen molar-refractivity contribution in [2.75, 3.05) is 6.61 Å². The molecule has 0 saturated heterocycles. The number of H-pyrrole nitrogens is 1. The molecule has 2 aromatic heterocycles. The van der Waals surface area contributed by atoms with Crippen LogP contribution in [0.15, 0.2) is 94.7 Å². The first-order valence-corrected chi connectivity index (χ1v) is 12.3.